The summed E-state index contributed by atoms with van der Waals surface area (Å²) in [5.41, 5.74) is 3.61. The molecule has 3 aromatic rings. The maximum absolute atomic E-state index is 13.2. The molecule has 0 bridgehead atoms. The van der Waals surface area contributed by atoms with Gasteiger partial charge in [-0.25, -0.2) is 4.39 Å². The third-order valence-electron chi connectivity index (χ3n) is 6.53. The van der Waals surface area contributed by atoms with Crippen molar-refractivity contribution < 1.29 is 19.1 Å². The fraction of sp³-hybridized carbons (Fsp3) is 0.231. The maximum atomic E-state index is 13.2. The SMILES string of the molecule is O=C(c1ccc(F)cc1)N1CC(=O)N2[C@H](C1)[C@@H](c1ccc(-c3ccccc3)cc1)[C@@H]2CO. The van der Waals surface area contributed by atoms with E-state index in [1.165, 1.54) is 29.2 Å². The van der Waals surface area contributed by atoms with E-state index in [0.29, 0.717) is 12.1 Å². The molecule has 2 fully saturated rings. The molecule has 0 radical (unpaired) electrons. The second-order valence-corrected chi connectivity index (χ2v) is 8.32. The third-order valence-corrected chi connectivity index (χ3v) is 6.53. The summed E-state index contributed by atoms with van der Waals surface area (Å²) in [6.45, 7) is 0.214. The number of amides is 2. The predicted molar refractivity (Wildman–Crippen MR) is 118 cm³/mol. The van der Waals surface area contributed by atoms with E-state index < -0.39 is 5.82 Å². The summed E-state index contributed by atoms with van der Waals surface area (Å²) in [5.74, 6) is -0.930. The van der Waals surface area contributed by atoms with Crippen LogP contribution in [0.1, 0.15) is 21.8 Å². The largest absolute Gasteiger partial charge is 0.394 e. The van der Waals surface area contributed by atoms with Gasteiger partial charge in [-0.2, -0.15) is 0 Å². The number of nitrogens with zero attached hydrogens (tertiary/aromatic N) is 2. The lowest BCUT2D eigenvalue weighted by Gasteiger charge is -2.58. The molecule has 1 N–H and O–H groups in total. The Kier molecular flexibility index (Phi) is 5.23. The van der Waals surface area contributed by atoms with Gasteiger partial charge in [-0.05, 0) is 41.0 Å². The van der Waals surface area contributed by atoms with Crippen LogP contribution in [0.2, 0.25) is 0 Å². The summed E-state index contributed by atoms with van der Waals surface area (Å²) in [6, 6.07) is 23.1. The maximum Gasteiger partial charge on any atom is 0.254 e. The lowest BCUT2D eigenvalue weighted by molar-refractivity contribution is -0.159. The number of benzene rings is 3. The molecule has 2 saturated heterocycles. The van der Waals surface area contributed by atoms with Crippen LogP contribution in [0.25, 0.3) is 11.1 Å². The number of carbonyl (C=O) groups excluding carboxylic acids is 2. The molecule has 2 heterocycles. The van der Waals surface area contributed by atoms with E-state index in [1.54, 1.807) is 4.90 Å². The summed E-state index contributed by atoms with van der Waals surface area (Å²) in [6.07, 6.45) is 0. The Morgan fingerprint density at radius 1 is 0.938 bits per heavy atom. The quantitative estimate of drug-likeness (QED) is 0.691. The number of rotatable bonds is 4. The molecule has 32 heavy (non-hydrogen) atoms. The smallest absolute Gasteiger partial charge is 0.254 e. The summed E-state index contributed by atoms with van der Waals surface area (Å²) in [4.78, 5) is 29.0. The zero-order chi connectivity index (χ0) is 22.2. The fourth-order valence-corrected chi connectivity index (χ4v) is 4.96. The summed E-state index contributed by atoms with van der Waals surface area (Å²) < 4.78 is 13.2. The van der Waals surface area contributed by atoms with Gasteiger partial charge in [-0.1, -0.05) is 54.6 Å². The molecule has 2 aliphatic rings. The van der Waals surface area contributed by atoms with Crippen LogP contribution >= 0.6 is 0 Å². The lowest BCUT2D eigenvalue weighted by Crippen LogP contribution is -2.73. The van der Waals surface area contributed by atoms with E-state index in [9.17, 15) is 19.1 Å². The molecule has 0 aliphatic carbocycles. The number of hydrogen-bond donors (Lipinski definition) is 1. The number of hydrogen-bond acceptors (Lipinski definition) is 3. The number of piperazine rings is 1. The number of aliphatic hydroxyl groups excluding tert-OH is 1. The first-order valence-electron chi connectivity index (χ1n) is 10.7. The standard InChI is InChI=1S/C26H23FN2O3/c27-21-12-10-20(11-13-21)26(32)28-14-22-25(23(16-30)29(22)24(31)15-28)19-8-6-18(7-9-19)17-4-2-1-3-5-17/h1-13,22-23,25,30H,14-16H2/t22-,23+,25-/m1/s1. The Balaban J connectivity index is 1.38. The van der Waals surface area contributed by atoms with Gasteiger partial charge in [0.1, 0.15) is 12.4 Å². The van der Waals surface area contributed by atoms with Crippen molar-refractivity contribution in [3.05, 3.63) is 95.8 Å². The van der Waals surface area contributed by atoms with Crippen molar-refractivity contribution in [3.8, 4) is 11.1 Å². The molecule has 2 amide bonds. The van der Waals surface area contributed by atoms with E-state index in [1.807, 2.05) is 42.5 Å². The minimum atomic E-state index is -0.411. The van der Waals surface area contributed by atoms with Gasteiger partial charge in [-0.15, -0.1) is 0 Å². The Morgan fingerprint density at radius 2 is 1.59 bits per heavy atom. The Bertz CT molecular complexity index is 1130. The van der Waals surface area contributed by atoms with Gasteiger partial charge < -0.3 is 14.9 Å². The molecule has 0 unspecified atom stereocenters. The summed E-state index contributed by atoms with van der Waals surface area (Å²) in [7, 11) is 0. The zero-order valence-electron chi connectivity index (χ0n) is 17.4. The monoisotopic (exact) mass is 430 g/mol. The van der Waals surface area contributed by atoms with Gasteiger partial charge in [0.2, 0.25) is 5.91 Å². The zero-order valence-corrected chi connectivity index (χ0v) is 17.4. The number of halogens is 1. The summed E-state index contributed by atoms with van der Waals surface area (Å²) in [5, 5.41) is 9.98. The minimum Gasteiger partial charge on any atom is -0.394 e. The number of carbonyl (C=O) groups is 2. The van der Waals surface area contributed by atoms with E-state index >= 15 is 0 Å². The topological polar surface area (TPSA) is 60.9 Å². The van der Waals surface area contributed by atoms with E-state index in [-0.39, 0.29) is 43.0 Å². The molecular weight excluding hydrogens is 407 g/mol. The van der Waals surface area contributed by atoms with Crippen molar-refractivity contribution in [2.75, 3.05) is 19.7 Å². The second-order valence-electron chi connectivity index (χ2n) is 8.32. The van der Waals surface area contributed by atoms with Crippen molar-refractivity contribution >= 4 is 11.8 Å². The molecule has 5 rings (SSSR count). The van der Waals surface area contributed by atoms with E-state index in [0.717, 1.165) is 16.7 Å². The first kappa shape index (κ1) is 20.4. The first-order chi connectivity index (χ1) is 15.6. The van der Waals surface area contributed by atoms with Crippen molar-refractivity contribution in [3.63, 3.8) is 0 Å². The summed E-state index contributed by atoms with van der Waals surface area (Å²) >= 11 is 0. The van der Waals surface area contributed by atoms with Crippen LogP contribution in [0.3, 0.4) is 0 Å². The van der Waals surface area contributed by atoms with E-state index in [2.05, 4.69) is 12.1 Å². The molecule has 6 heteroatoms. The van der Waals surface area contributed by atoms with Gasteiger partial charge >= 0.3 is 0 Å². The van der Waals surface area contributed by atoms with Crippen LogP contribution in [0.4, 0.5) is 4.39 Å². The van der Waals surface area contributed by atoms with Crippen LogP contribution < -0.4 is 0 Å². The third kappa shape index (κ3) is 3.46. The molecular formula is C26H23FN2O3. The Morgan fingerprint density at radius 3 is 2.25 bits per heavy atom. The average molecular weight is 430 g/mol. The Labute approximate surface area is 185 Å². The number of fused-ring (bicyclic) bond motifs is 1. The van der Waals surface area contributed by atoms with Crippen LogP contribution in [0.15, 0.2) is 78.9 Å². The first-order valence-corrected chi connectivity index (χ1v) is 10.7. The molecule has 3 atom stereocenters. The molecule has 0 spiro atoms. The van der Waals surface area contributed by atoms with Crippen molar-refractivity contribution in [2.24, 2.45) is 0 Å². The van der Waals surface area contributed by atoms with Crippen LogP contribution in [-0.4, -0.2) is 58.5 Å². The van der Waals surface area contributed by atoms with Crippen molar-refractivity contribution in [2.45, 2.75) is 18.0 Å². The fourth-order valence-electron chi connectivity index (χ4n) is 4.96. The molecule has 0 aromatic heterocycles. The normalized spacial score (nSPS) is 22.3. The van der Waals surface area contributed by atoms with Gasteiger partial charge in [0.25, 0.3) is 5.91 Å². The lowest BCUT2D eigenvalue weighted by atomic mass is 9.73. The van der Waals surface area contributed by atoms with Gasteiger partial charge in [0.05, 0.1) is 18.7 Å². The average Bonchev–Trinajstić information content (AvgIpc) is 2.81. The highest BCUT2D eigenvalue weighted by Gasteiger charge is 2.54. The van der Waals surface area contributed by atoms with Gasteiger partial charge in [0.15, 0.2) is 0 Å². The molecule has 2 aliphatic heterocycles. The van der Waals surface area contributed by atoms with E-state index in [4.69, 9.17) is 0 Å². The second kappa shape index (κ2) is 8.20. The highest BCUT2D eigenvalue weighted by molar-refractivity contribution is 5.97. The van der Waals surface area contributed by atoms with Crippen LogP contribution in [0, 0.1) is 5.82 Å². The van der Waals surface area contributed by atoms with Gasteiger partial charge in [0, 0.05) is 18.0 Å². The predicted octanol–water partition coefficient (Wildman–Crippen LogP) is 3.30. The molecule has 3 aromatic carbocycles. The van der Waals surface area contributed by atoms with Crippen molar-refractivity contribution in [1.82, 2.24) is 9.80 Å². The number of aliphatic hydroxyl groups is 1. The molecule has 0 saturated carbocycles. The Hall–Kier alpha value is -3.51. The van der Waals surface area contributed by atoms with Crippen molar-refractivity contribution in [1.29, 1.82) is 0 Å². The molecule has 162 valence electrons. The molecule has 5 nitrogen and oxygen atoms in total. The van der Waals surface area contributed by atoms with Crippen LogP contribution in [-0.2, 0) is 4.79 Å². The minimum absolute atomic E-state index is 0.0388. The highest BCUT2D eigenvalue weighted by atomic mass is 19.1. The van der Waals surface area contributed by atoms with Crippen LogP contribution in [0.5, 0.6) is 0 Å². The van der Waals surface area contributed by atoms with Gasteiger partial charge in [-0.3, -0.25) is 9.59 Å². The highest BCUT2D eigenvalue weighted by Crippen LogP contribution is 2.43.